The van der Waals surface area contributed by atoms with Crippen molar-refractivity contribution in [3.05, 3.63) is 36.0 Å². The molecule has 0 atom stereocenters. The van der Waals surface area contributed by atoms with Crippen LogP contribution in [0.15, 0.2) is 36.0 Å². The van der Waals surface area contributed by atoms with Gasteiger partial charge in [-0.25, -0.2) is 0 Å². The predicted molar refractivity (Wildman–Crippen MR) is 90.1 cm³/mol. The Morgan fingerprint density at radius 2 is 1.83 bits per heavy atom. The van der Waals surface area contributed by atoms with Gasteiger partial charge < -0.3 is 15.7 Å². The summed E-state index contributed by atoms with van der Waals surface area (Å²) in [6, 6.07) is 6.87. The summed E-state index contributed by atoms with van der Waals surface area (Å²) in [4.78, 5) is 36.3. The van der Waals surface area contributed by atoms with E-state index < -0.39 is 11.8 Å². The van der Waals surface area contributed by atoms with Gasteiger partial charge in [0.25, 0.3) is 11.8 Å². The van der Waals surface area contributed by atoms with Gasteiger partial charge in [0.05, 0.1) is 13.2 Å². The summed E-state index contributed by atoms with van der Waals surface area (Å²) in [5, 5.41) is 14.5. The molecule has 0 unspecified atom stereocenters. The average molecular weight is 331 g/mol. The van der Waals surface area contributed by atoms with Crippen molar-refractivity contribution in [1.82, 2.24) is 4.90 Å². The van der Waals surface area contributed by atoms with Crippen molar-refractivity contribution in [3.8, 4) is 0 Å². The van der Waals surface area contributed by atoms with Crippen LogP contribution in [-0.4, -0.2) is 40.9 Å². The van der Waals surface area contributed by atoms with E-state index in [-0.39, 0.29) is 24.8 Å². The number of unbranched alkanes of at least 4 members (excludes halogenated alkanes) is 1. The summed E-state index contributed by atoms with van der Waals surface area (Å²) in [6.45, 7) is 1.73. The Labute approximate surface area is 140 Å². The minimum atomic E-state index is -0.467. The van der Waals surface area contributed by atoms with Gasteiger partial charge in [-0.05, 0) is 30.7 Å². The Kier molecular flexibility index (Phi) is 6.08. The zero-order valence-corrected chi connectivity index (χ0v) is 13.5. The summed E-state index contributed by atoms with van der Waals surface area (Å²) in [5.41, 5.74) is 1.46. The lowest BCUT2D eigenvalue weighted by molar-refractivity contribution is -0.137. The highest BCUT2D eigenvalue weighted by atomic mass is 16.3. The number of aliphatic hydroxyl groups is 1. The molecule has 24 heavy (non-hydrogen) atoms. The van der Waals surface area contributed by atoms with E-state index in [9.17, 15) is 14.4 Å². The van der Waals surface area contributed by atoms with E-state index >= 15 is 0 Å². The van der Waals surface area contributed by atoms with Crippen LogP contribution in [0.5, 0.6) is 0 Å². The summed E-state index contributed by atoms with van der Waals surface area (Å²) < 4.78 is 0. The van der Waals surface area contributed by atoms with Crippen molar-refractivity contribution in [3.63, 3.8) is 0 Å². The fourth-order valence-corrected chi connectivity index (χ4v) is 2.26. The van der Waals surface area contributed by atoms with E-state index in [1.807, 2.05) is 6.92 Å². The standard InChI is InChI=1S/C17H21N3O4/c1-2-3-4-15(22)19-13-7-5-12(6-8-13)18-14-11-16(23)20(9-10-21)17(14)24/h5-8,11,18,21H,2-4,9-10H2,1H3,(H,19,22). The van der Waals surface area contributed by atoms with Crippen LogP contribution in [0.3, 0.4) is 0 Å². The van der Waals surface area contributed by atoms with Gasteiger partial charge in [-0.3, -0.25) is 19.3 Å². The zero-order valence-electron chi connectivity index (χ0n) is 13.5. The number of hydrogen-bond donors (Lipinski definition) is 3. The van der Waals surface area contributed by atoms with Crippen LogP contribution in [0.2, 0.25) is 0 Å². The lowest BCUT2D eigenvalue weighted by Gasteiger charge is -2.13. The van der Waals surface area contributed by atoms with Gasteiger partial charge in [-0.2, -0.15) is 0 Å². The van der Waals surface area contributed by atoms with Crippen LogP contribution in [-0.2, 0) is 14.4 Å². The smallest absolute Gasteiger partial charge is 0.277 e. The largest absolute Gasteiger partial charge is 0.395 e. The number of hydrogen-bond acceptors (Lipinski definition) is 5. The molecule has 0 saturated heterocycles. The quantitative estimate of drug-likeness (QED) is 0.627. The number of imide groups is 1. The van der Waals surface area contributed by atoms with Gasteiger partial charge in [0.1, 0.15) is 5.70 Å². The number of benzene rings is 1. The highest BCUT2D eigenvalue weighted by molar-refractivity contribution is 6.17. The summed E-state index contributed by atoms with van der Waals surface area (Å²) in [6.07, 6.45) is 3.50. The summed E-state index contributed by atoms with van der Waals surface area (Å²) in [5.74, 6) is -0.946. The van der Waals surface area contributed by atoms with E-state index in [2.05, 4.69) is 10.6 Å². The van der Waals surface area contributed by atoms with Crippen LogP contribution >= 0.6 is 0 Å². The Morgan fingerprint density at radius 3 is 2.46 bits per heavy atom. The monoisotopic (exact) mass is 331 g/mol. The van der Waals surface area contributed by atoms with E-state index in [1.165, 1.54) is 6.08 Å². The molecule has 7 nitrogen and oxygen atoms in total. The van der Waals surface area contributed by atoms with E-state index in [1.54, 1.807) is 24.3 Å². The van der Waals surface area contributed by atoms with Gasteiger partial charge in [0, 0.05) is 23.9 Å². The Balaban J connectivity index is 1.95. The molecule has 0 aliphatic carbocycles. The minimum Gasteiger partial charge on any atom is -0.395 e. The van der Waals surface area contributed by atoms with Crippen molar-refractivity contribution in [2.45, 2.75) is 26.2 Å². The Hall–Kier alpha value is -2.67. The van der Waals surface area contributed by atoms with E-state index in [0.717, 1.165) is 17.7 Å². The molecule has 1 aromatic rings. The number of carbonyl (C=O) groups is 3. The number of aliphatic hydroxyl groups excluding tert-OH is 1. The minimum absolute atomic E-state index is 0.0257. The summed E-state index contributed by atoms with van der Waals surface area (Å²) in [7, 11) is 0. The molecular formula is C17H21N3O4. The number of rotatable bonds is 8. The highest BCUT2D eigenvalue weighted by Crippen LogP contribution is 2.19. The first kappa shape index (κ1) is 17.7. The molecule has 1 heterocycles. The van der Waals surface area contributed by atoms with Gasteiger partial charge >= 0.3 is 0 Å². The zero-order chi connectivity index (χ0) is 17.5. The van der Waals surface area contributed by atoms with Crippen molar-refractivity contribution < 1.29 is 19.5 Å². The van der Waals surface area contributed by atoms with Crippen LogP contribution in [0, 0.1) is 0 Å². The molecular weight excluding hydrogens is 310 g/mol. The molecule has 2 rings (SSSR count). The lowest BCUT2D eigenvalue weighted by atomic mass is 10.2. The predicted octanol–water partition coefficient (Wildman–Crippen LogP) is 1.47. The third-order valence-electron chi connectivity index (χ3n) is 3.54. The van der Waals surface area contributed by atoms with Crippen molar-refractivity contribution in [1.29, 1.82) is 0 Å². The second-order valence-corrected chi connectivity index (χ2v) is 5.43. The number of anilines is 2. The van der Waals surface area contributed by atoms with E-state index in [0.29, 0.717) is 17.8 Å². The maximum Gasteiger partial charge on any atom is 0.277 e. The molecule has 0 spiro atoms. The van der Waals surface area contributed by atoms with Crippen molar-refractivity contribution in [2.75, 3.05) is 23.8 Å². The molecule has 0 aromatic heterocycles. The van der Waals surface area contributed by atoms with Gasteiger partial charge in [0.2, 0.25) is 5.91 Å². The van der Waals surface area contributed by atoms with Crippen molar-refractivity contribution >= 4 is 29.1 Å². The number of nitrogens with zero attached hydrogens (tertiary/aromatic N) is 1. The molecule has 3 N–H and O–H groups in total. The molecule has 0 radical (unpaired) electrons. The van der Waals surface area contributed by atoms with Crippen LogP contribution in [0.25, 0.3) is 0 Å². The topological polar surface area (TPSA) is 98.7 Å². The molecule has 3 amide bonds. The maximum absolute atomic E-state index is 12.0. The second kappa shape index (κ2) is 8.26. The van der Waals surface area contributed by atoms with Gasteiger partial charge in [-0.1, -0.05) is 13.3 Å². The van der Waals surface area contributed by atoms with Crippen LogP contribution in [0.4, 0.5) is 11.4 Å². The van der Waals surface area contributed by atoms with Crippen LogP contribution < -0.4 is 10.6 Å². The van der Waals surface area contributed by atoms with Crippen molar-refractivity contribution in [2.24, 2.45) is 0 Å². The summed E-state index contributed by atoms with van der Waals surface area (Å²) >= 11 is 0. The molecule has 128 valence electrons. The SMILES string of the molecule is CCCCC(=O)Nc1ccc(NC2=CC(=O)N(CCO)C2=O)cc1. The third-order valence-corrected chi connectivity index (χ3v) is 3.54. The number of nitrogens with one attached hydrogen (secondary N) is 2. The molecule has 7 heteroatoms. The molecule has 1 aliphatic heterocycles. The number of β-amino-alcohol motifs (C(OH)–C–C–N with tert-alkyl or cyclic N) is 1. The first-order chi connectivity index (χ1) is 11.5. The molecule has 1 aliphatic rings. The fourth-order valence-electron chi connectivity index (χ4n) is 2.26. The van der Waals surface area contributed by atoms with E-state index in [4.69, 9.17) is 5.11 Å². The maximum atomic E-state index is 12.0. The fraction of sp³-hybridized carbons (Fsp3) is 0.353. The highest BCUT2D eigenvalue weighted by Gasteiger charge is 2.30. The normalized spacial score (nSPS) is 13.9. The lowest BCUT2D eigenvalue weighted by Crippen LogP contribution is -2.34. The first-order valence-electron chi connectivity index (χ1n) is 7.90. The first-order valence-corrected chi connectivity index (χ1v) is 7.90. The van der Waals surface area contributed by atoms with Gasteiger partial charge in [0.15, 0.2) is 0 Å². The molecule has 0 bridgehead atoms. The Bertz CT molecular complexity index is 652. The average Bonchev–Trinajstić information content (AvgIpc) is 2.82. The number of amides is 3. The molecule has 1 aromatic carbocycles. The number of carbonyl (C=O) groups excluding carboxylic acids is 3. The molecule has 0 fully saturated rings. The third kappa shape index (κ3) is 4.42. The molecule has 0 saturated carbocycles. The Morgan fingerprint density at radius 1 is 1.17 bits per heavy atom. The van der Waals surface area contributed by atoms with Gasteiger partial charge in [-0.15, -0.1) is 0 Å². The second-order valence-electron chi connectivity index (χ2n) is 5.43. The van der Waals surface area contributed by atoms with Crippen LogP contribution in [0.1, 0.15) is 26.2 Å².